The van der Waals surface area contributed by atoms with Gasteiger partial charge in [-0.3, -0.25) is 0 Å². The molecular formula is C20H28ClNO. The topological polar surface area (TPSA) is 21.3 Å². The lowest BCUT2D eigenvalue weighted by molar-refractivity contribution is 0.306. The van der Waals surface area contributed by atoms with E-state index in [1.54, 1.807) is 0 Å². The molecule has 0 saturated heterocycles. The molecule has 0 aliphatic heterocycles. The van der Waals surface area contributed by atoms with Crippen molar-refractivity contribution in [2.75, 3.05) is 6.54 Å². The van der Waals surface area contributed by atoms with Crippen molar-refractivity contribution in [1.82, 2.24) is 5.32 Å². The molecule has 0 aliphatic carbocycles. The van der Waals surface area contributed by atoms with Gasteiger partial charge in [0, 0.05) is 6.54 Å². The summed E-state index contributed by atoms with van der Waals surface area (Å²) in [6.07, 6.45) is 3.82. The summed E-state index contributed by atoms with van der Waals surface area (Å²) in [6, 6.07) is 16.8. The van der Waals surface area contributed by atoms with Crippen molar-refractivity contribution < 1.29 is 4.74 Å². The molecule has 0 fully saturated rings. The van der Waals surface area contributed by atoms with Crippen molar-refractivity contribution in [2.45, 2.75) is 46.3 Å². The van der Waals surface area contributed by atoms with Crippen molar-refractivity contribution in [2.24, 2.45) is 0 Å². The van der Waals surface area contributed by atoms with Gasteiger partial charge < -0.3 is 10.1 Å². The Balaban J connectivity index is 0.00000264. The number of rotatable bonds is 9. The number of hydrogen-bond donors (Lipinski definition) is 1. The van der Waals surface area contributed by atoms with E-state index in [1.165, 1.54) is 36.0 Å². The second kappa shape index (κ2) is 11.1. The molecule has 0 bridgehead atoms. The molecule has 0 heterocycles. The number of halogens is 1. The summed E-state index contributed by atoms with van der Waals surface area (Å²) in [7, 11) is 0. The van der Waals surface area contributed by atoms with E-state index < -0.39 is 0 Å². The van der Waals surface area contributed by atoms with Crippen molar-refractivity contribution in [3.8, 4) is 5.75 Å². The maximum absolute atomic E-state index is 5.89. The molecule has 2 nitrogen and oxygen atoms in total. The van der Waals surface area contributed by atoms with Crippen LogP contribution in [0, 0.1) is 6.92 Å². The molecular weight excluding hydrogens is 306 g/mol. The van der Waals surface area contributed by atoms with Crippen LogP contribution < -0.4 is 10.1 Å². The van der Waals surface area contributed by atoms with Crippen LogP contribution in [0.15, 0.2) is 48.5 Å². The van der Waals surface area contributed by atoms with Gasteiger partial charge in [-0.15, -0.1) is 12.4 Å². The normalized spacial score (nSPS) is 10.2. The molecule has 2 aromatic rings. The highest BCUT2D eigenvalue weighted by molar-refractivity contribution is 5.85. The van der Waals surface area contributed by atoms with E-state index in [0.717, 1.165) is 18.8 Å². The van der Waals surface area contributed by atoms with Crippen LogP contribution in [-0.2, 0) is 13.2 Å². The Hall–Kier alpha value is -1.51. The molecule has 0 radical (unpaired) electrons. The Morgan fingerprint density at radius 1 is 0.957 bits per heavy atom. The average molecular weight is 334 g/mol. The minimum atomic E-state index is 0. The van der Waals surface area contributed by atoms with E-state index >= 15 is 0 Å². The maximum atomic E-state index is 5.89. The molecule has 0 atom stereocenters. The number of nitrogens with one attached hydrogen (secondary N) is 1. The van der Waals surface area contributed by atoms with E-state index in [1.807, 2.05) is 6.07 Å². The van der Waals surface area contributed by atoms with E-state index in [2.05, 4.69) is 61.6 Å². The van der Waals surface area contributed by atoms with Crippen LogP contribution in [0.4, 0.5) is 0 Å². The fourth-order valence-corrected chi connectivity index (χ4v) is 2.33. The zero-order valence-corrected chi connectivity index (χ0v) is 15.0. The summed E-state index contributed by atoms with van der Waals surface area (Å²) < 4.78 is 5.89. The largest absolute Gasteiger partial charge is 0.489 e. The van der Waals surface area contributed by atoms with Gasteiger partial charge in [-0.25, -0.2) is 0 Å². The first-order valence-corrected chi connectivity index (χ1v) is 8.26. The van der Waals surface area contributed by atoms with Crippen molar-refractivity contribution in [3.05, 3.63) is 65.2 Å². The van der Waals surface area contributed by atoms with Gasteiger partial charge in [-0.1, -0.05) is 61.7 Å². The molecule has 126 valence electrons. The standard InChI is InChI=1S/C20H27NO.ClH/c1-3-4-5-13-21-15-19-7-6-8-20(14-19)22-16-18-11-9-17(2)10-12-18;/h6-12,14,21H,3-5,13,15-16H2,1-2H3;1H. The van der Waals surface area contributed by atoms with Crippen LogP contribution in [0.1, 0.15) is 42.9 Å². The second-order valence-electron chi connectivity index (χ2n) is 5.81. The van der Waals surface area contributed by atoms with Gasteiger partial charge in [0.05, 0.1) is 0 Å². The molecule has 0 spiro atoms. The molecule has 1 N–H and O–H groups in total. The zero-order valence-electron chi connectivity index (χ0n) is 14.2. The summed E-state index contributed by atoms with van der Waals surface area (Å²) in [4.78, 5) is 0. The van der Waals surface area contributed by atoms with Gasteiger partial charge in [-0.05, 0) is 43.1 Å². The van der Waals surface area contributed by atoms with Gasteiger partial charge in [-0.2, -0.15) is 0 Å². The lowest BCUT2D eigenvalue weighted by Crippen LogP contribution is -2.14. The Morgan fingerprint density at radius 3 is 2.48 bits per heavy atom. The first-order chi connectivity index (χ1) is 10.8. The quantitative estimate of drug-likeness (QED) is 0.631. The van der Waals surface area contributed by atoms with Crippen molar-refractivity contribution in [3.63, 3.8) is 0 Å². The van der Waals surface area contributed by atoms with Crippen LogP contribution >= 0.6 is 12.4 Å². The summed E-state index contributed by atoms with van der Waals surface area (Å²) in [5.41, 5.74) is 3.76. The maximum Gasteiger partial charge on any atom is 0.120 e. The molecule has 0 saturated carbocycles. The van der Waals surface area contributed by atoms with Crippen molar-refractivity contribution >= 4 is 12.4 Å². The molecule has 0 aliphatic rings. The number of hydrogen-bond acceptors (Lipinski definition) is 2. The summed E-state index contributed by atoms with van der Waals surface area (Å²) in [5.74, 6) is 0.938. The summed E-state index contributed by atoms with van der Waals surface area (Å²) >= 11 is 0. The van der Waals surface area contributed by atoms with Crippen molar-refractivity contribution in [1.29, 1.82) is 0 Å². The molecule has 23 heavy (non-hydrogen) atoms. The van der Waals surface area contributed by atoms with Crippen LogP contribution in [0.3, 0.4) is 0 Å². The Bertz CT molecular complexity index is 554. The minimum Gasteiger partial charge on any atom is -0.489 e. The lowest BCUT2D eigenvalue weighted by atomic mass is 10.1. The van der Waals surface area contributed by atoms with E-state index in [4.69, 9.17) is 4.74 Å². The van der Waals surface area contributed by atoms with Gasteiger partial charge in [0.25, 0.3) is 0 Å². The Morgan fingerprint density at radius 2 is 1.74 bits per heavy atom. The van der Waals surface area contributed by atoms with Gasteiger partial charge in [0.15, 0.2) is 0 Å². The average Bonchev–Trinajstić information content (AvgIpc) is 2.55. The van der Waals surface area contributed by atoms with Gasteiger partial charge in [0.2, 0.25) is 0 Å². The SMILES string of the molecule is CCCCCNCc1cccc(OCc2ccc(C)cc2)c1.Cl. The fraction of sp³-hybridized carbons (Fsp3) is 0.400. The van der Waals surface area contributed by atoms with Gasteiger partial charge >= 0.3 is 0 Å². The first-order valence-electron chi connectivity index (χ1n) is 8.26. The smallest absolute Gasteiger partial charge is 0.120 e. The molecule has 2 rings (SSSR count). The first kappa shape index (κ1) is 19.5. The van der Waals surface area contributed by atoms with Crippen LogP contribution in [0.25, 0.3) is 0 Å². The monoisotopic (exact) mass is 333 g/mol. The van der Waals surface area contributed by atoms with Crippen LogP contribution in [-0.4, -0.2) is 6.54 Å². The molecule has 0 amide bonds. The van der Waals surface area contributed by atoms with Gasteiger partial charge in [0.1, 0.15) is 12.4 Å². The molecule has 2 aromatic carbocycles. The van der Waals surface area contributed by atoms with Crippen LogP contribution in [0.5, 0.6) is 5.75 Å². The fourth-order valence-electron chi connectivity index (χ4n) is 2.33. The third kappa shape index (κ3) is 7.54. The molecule has 0 aromatic heterocycles. The van der Waals surface area contributed by atoms with E-state index in [0.29, 0.717) is 6.61 Å². The number of unbranched alkanes of at least 4 members (excludes halogenated alkanes) is 2. The van der Waals surface area contributed by atoms with Crippen LogP contribution in [0.2, 0.25) is 0 Å². The summed E-state index contributed by atoms with van der Waals surface area (Å²) in [6.45, 7) is 6.94. The highest BCUT2D eigenvalue weighted by Gasteiger charge is 1.99. The van der Waals surface area contributed by atoms with E-state index in [-0.39, 0.29) is 12.4 Å². The molecule has 3 heteroatoms. The zero-order chi connectivity index (χ0) is 15.6. The molecule has 0 unspecified atom stereocenters. The Labute approximate surface area is 146 Å². The minimum absolute atomic E-state index is 0. The number of ether oxygens (including phenoxy) is 1. The number of aryl methyl sites for hydroxylation is 1. The second-order valence-corrected chi connectivity index (χ2v) is 5.81. The predicted molar refractivity (Wildman–Crippen MR) is 100 cm³/mol. The van der Waals surface area contributed by atoms with E-state index in [9.17, 15) is 0 Å². The predicted octanol–water partition coefficient (Wildman–Crippen LogP) is 5.28. The Kier molecular flexibility index (Phi) is 9.42. The number of benzene rings is 2. The lowest BCUT2D eigenvalue weighted by Gasteiger charge is -2.09. The highest BCUT2D eigenvalue weighted by Crippen LogP contribution is 2.15. The third-order valence-electron chi connectivity index (χ3n) is 3.71. The third-order valence-corrected chi connectivity index (χ3v) is 3.71. The summed E-state index contributed by atoms with van der Waals surface area (Å²) in [5, 5.41) is 3.49. The highest BCUT2D eigenvalue weighted by atomic mass is 35.5.